The number of thiophene rings is 1. The zero-order chi connectivity index (χ0) is 19.7. The molecule has 0 spiro atoms. The van der Waals surface area contributed by atoms with Gasteiger partial charge in [0.05, 0.1) is 11.3 Å². The number of fused-ring (bicyclic) bond motifs is 3. The Labute approximate surface area is 169 Å². The number of benzene rings is 1. The Bertz CT molecular complexity index is 1190. The molecule has 144 valence electrons. The van der Waals surface area contributed by atoms with E-state index in [4.69, 9.17) is 0 Å². The molecule has 28 heavy (non-hydrogen) atoms. The molecule has 9 heteroatoms. The molecule has 0 aliphatic carbocycles. The van der Waals surface area contributed by atoms with E-state index in [1.165, 1.54) is 23.1 Å². The number of carbonyl (C=O) groups is 1. The predicted molar refractivity (Wildman–Crippen MR) is 113 cm³/mol. The van der Waals surface area contributed by atoms with Gasteiger partial charge in [0.25, 0.3) is 5.56 Å². The number of para-hydroxylation sites is 1. The van der Waals surface area contributed by atoms with E-state index in [1.807, 2.05) is 46.2 Å². The fourth-order valence-electron chi connectivity index (χ4n) is 2.97. The average molecular weight is 414 g/mol. The summed E-state index contributed by atoms with van der Waals surface area (Å²) in [6.45, 7) is 4.68. The number of rotatable bonds is 6. The van der Waals surface area contributed by atoms with Crippen molar-refractivity contribution in [3.63, 3.8) is 0 Å². The van der Waals surface area contributed by atoms with Crippen LogP contribution in [-0.4, -0.2) is 30.8 Å². The van der Waals surface area contributed by atoms with Crippen LogP contribution in [0.15, 0.2) is 51.7 Å². The number of hydrogen-bond donors (Lipinski definition) is 1. The Morgan fingerprint density at radius 1 is 1.21 bits per heavy atom. The van der Waals surface area contributed by atoms with Crippen LogP contribution >= 0.6 is 23.1 Å². The number of hydrogen-bond acceptors (Lipinski definition) is 6. The van der Waals surface area contributed by atoms with Gasteiger partial charge in [0, 0.05) is 12.2 Å². The van der Waals surface area contributed by atoms with Crippen LogP contribution in [-0.2, 0) is 11.3 Å². The molecule has 0 radical (unpaired) electrons. The number of nitrogens with zero attached hydrogens (tertiary/aromatic N) is 4. The molecule has 0 saturated carbocycles. The van der Waals surface area contributed by atoms with Gasteiger partial charge in [0.2, 0.25) is 11.7 Å². The van der Waals surface area contributed by atoms with Crippen molar-refractivity contribution in [3.8, 4) is 0 Å². The van der Waals surface area contributed by atoms with Gasteiger partial charge in [-0.05, 0) is 29.5 Å². The number of thioether (sulfide) groups is 1. The molecular formula is C19H19N5O2S2. The van der Waals surface area contributed by atoms with Crippen LogP contribution in [0, 0.1) is 5.92 Å². The van der Waals surface area contributed by atoms with Crippen molar-refractivity contribution in [2.75, 3.05) is 11.1 Å². The second-order valence-corrected chi connectivity index (χ2v) is 8.62. The maximum absolute atomic E-state index is 12.8. The van der Waals surface area contributed by atoms with E-state index < -0.39 is 0 Å². The molecule has 0 saturated heterocycles. The highest BCUT2D eigenvalue weighted by atomic mass is 32.2. The number of amides is 1. The van der Waals surface area contributed by atoms with Crippen LogP contribution in [0.25, 0.3) is 16.0 Å². The average Bonchev–Trinajstić information content (AvgIpc) is 3.31. The predicted octanol–water partition coefficient (Wildman–Crippen LogP) is 3.49. The van der Waals surface area contributed by atoms with Crippen LogP contribution in [0.2, 0.25) is 0 Å². The van der Waals surface area contributed by atoms with Crippen LogP contribution in [0.4, 0.5) is 5.69 Å². The first-order valence-corrected chi connectivity index (χ1v) is 10.7. The van der Waals surface area contributed by atoms with E-state index in [0.29, 0.717) is 28.1 Å². The molecule has 1 aromatic carbocycles. The maximum atomic E-state index is 12.8. The molecule has 3 heterocycles. The standard InChI is InChI=1S/C19H19N5O2S2/c1-12(2)10-23-17(26)16-14(8-9-27-16)24-18(23)21-22-19(24)28-11-15(25)20-13-6-4-3-5-7-13/h3-9,12H,10-11H2,1-2H3,(H,20,25). The van der Waals surface area contributed by atoms with Crippen molar-refractivity contribution < 1.29 is 4.79 Å². The summed E-state index contributed by atoms with van der Waals surface area (Å²) in [6.07, 6.45) is 0. The minimum Gasteiger partial charge on any atom is -0.325 e. The molecule has 0 aliphatic rings. The van der Waals surface area contributed by atoms with Gasteiger partial charge in [-0.1, -0.05) is 43.8 Å². The summed E-state index contributed by atoms with van der Waals surface area (Å²) in [6, 6.07) is 11.2. The lowest BCUT2D eigenvalue weighted by atomic mass is 10.2. The Balaban J connectivity index is 1.66. The van der Waals surface area contributed by atoms with E-state index in [1.54, 1.807) is 4.57 Å². The number of nitrogens with one attached hydrogen (secondary N) is 1. The van der Waals surface area contributed by atoms with Gasteiger partial charge in [-0.3, -0.25) is 18.6 Å². The number of carbonyl (C=O) groups excluding carboxylic acids is 1. The van der Waals surface area contributed by atoms with Crippen LogP contribution in [0.5, 0.6) is 0 Å². The molecule has 4 aromatic rings. The number of anilines is 1. The van der Waals surface area contributed by atoms with Crippen molar-refractivity contribution in [2.24, 2.45) is 5.92 Å². The van der Waals surface area contributed by atoms with E-state index in [0.717, 1.165) is 11.2 Å². The van der Waals surface area contributed by atoms with Crippen molar-refractivity contribution in [1.82, 2.24) is 19.2 Å². The highest BCUT2D eigenvalue weighted by molar-refractivity contribution is 7.99. The second-order valence-electron chi connectivity index (χ2n) is 6.77. The summed E-state index contributed by atoms with van der Waals surface area (Å²) in [5.74, 6) is 0.883. The third kappa shape index (κ3) is 3.55. The Hall–Kier alpha value is -2.65. The largest absolute Gasteiger partial charge is 0.325 e. The molecule has 1 N–H and O–H groups in total. The molecule has 0 fully saturated rings. The monoisotopic (exact) mass is 413 g/mol. The quantitative estimate of drug-likeness (QED) is 0.489. The fraction of sp³-hybridized carbons (Fsp3) is 0.263. The van der Waals surface area contributed by atoms with Crippen LogP contribution in [0.3, 0.4) is 0 Å². The Morgan fingerprint density at radius 2 is 2.00 bits per heavy atom. The van der Waals surface area contributed by atoms with E-state index >= 15 is 0 Å². The molecule has 0 unspecified atom stereocenters. The molecule has 0 atom stereocenters. The number of aromatic nitrogens is 4. The van der Waals surface area contributed by atoms with Crippen molar-refractivity contribution >= 4 is 50.7 Å². The van der Waals surface area contributed by atoms with Crippen molar-refractivity contribution in [1.29, 1.82) is 0 Å². The summed E-state index contributed by atoms with van der Waals surface area (Å²) < 4.78 is 4.21. The lowest BCUT2D eigenvalue weighted by molar-refractivity contribution is -0.113. The van der Waals surface area contributed by atoms with Gasteiger partial charge >= 0.3 is 0 Å². The van der Waals surface area contributed by atoms with Gasteiger partial charge in [-0.2, -0.15) is 0 Å². The lowest BCUT2D eigenvalue weighted by Gasteiger charge is -2.11. The minimum absolute atomic E-state index is 0.0445. The highest BCUT2D eigenvalue weighted by Crippen LogP contribution is 2.24. The first kappa shape index (κ1) is 18.7. The molecule has 0 aliphatic heterocycles. The van der Waals surface area contributed by atoms with Gasteiger partial charge in [-0.15, -0.1) is 21.5 Å². The summed E-state index contributed by atoms with van der Waals surface area (Å²) in [7, 11) is 0. The summed E-state index contributed by atoms with van der Waals surface area (Å²) in [5.41, 5.74) is 1.49. The maximum Gasteiger partial charge on any atom is 0.272 e. The molecule has 0 bridgehead atoms. The lowest BCUT2D eigenvalue weighted by Crippen LogP contribution is -2.24. The molecule has 7 nitrogen and oxygen atoms in total. The van der Waals surface area contributed by atoms with E-state index in [-0.39, 0.29) is 17.2 Å². The summed E-state index contributed by atoms with van der Waals surface area (Å²) in [4.78, 5) is 25.1. The third-order valence-corrected chi connectivity index (χ3v) is 5.94. The molecular weight excluding hydrogens is 394 g/mol. The van der Waals surface area contributed by atoms with Crippen molar-refractivity contribution in [3.05, 3.63) is 52.1 Å². The van der Waals surface area contributed by atoms with E-state index in [2.05, 4.69) is 29.4 Å². The van der Waals surface area contributed by atoms with Gasteiger partial charge in [0.1, 0.15) is 4.70 Å². The zero-order valence-corrected chi connectivity index (χ0v) is 17.1. The summed E-state index contributed by atoms with van der Waals surface area (Å²) >= 11 is 2.71. The normalized spacial score (nSPS) is 11.5. The van der Waals surface area contributed by atoms with Crippen molar-refractivity contribution in [2.45, 2.75) is 25.5 Å². The third-order valence-electron chi connectivity index (χ3n) is 4.12. The van der Waals surface area contributed by atoms with E-state index in [9.17, 15) is 9.59 Å². The highest BCUT2D eigenvalue weighted by Gasteiger charge is 2.19. The molecule has 4 rings (SSSR count). The summed E-state index contributed by atoms with van der Waals surface area (Å²) in [5, 5.41) is 13.9. The SMILES string of the molecule is CC(C)Cn1c(=O)c2sccc2n2c(SCC(=O)Nc3ccccc3)nnc12. The van der Waals surface area contributed by atoms with Gasteiger partial charge in [0.15, 0.2) is 5.16 Å². The Morgan fingerprint density at radius 3 is 2.75 bits per heavy atom. The molecule has 1 amide bonds. The van der Waals surface area contributed by atoms with Gasteiger partial charge < -0.3 is 5.32 Å². The fourth-order valence-corrected chi connectivity index (χ4v) is 4.54. The van der Waals surface area contributed by atoms with Gasteiger partial charge in [-0.25, -0.2) is 0 Å². The Kier molecular flexibility index (Phi) is 5.19. The molecule has 3 aromatic heterocycles. The smallest absolute Gasteiger partial charge is 0.272 e. The van der Waals surface area contributed by atoms with Crippen LogP contribution in [0.1, 0.15) is 13.8 Å². The first-order valence-electron chi connectivity index (χ1n) is 8.87. The zero-order valence-electron chi connectivity index (χ0n) is 15.5. The first-order chi connectivity index (χ1) is 13.5. The van der Waals surface area contributed by atoms with Crippen LogP contribution < -0.4 is 10.9 Å². The minimum atomic E-state index is -0.120. The second kappa shape index (κ2) is 7.76. The topological polar surface area (TPSA) is 81.3 Å².